The topological polar surface area (TPSA) is 83.6 Å². The normalized spacial score (nSPS) is 28.2. The van der Waals surface area contributed by atoms with Crippen molar-refractivity contribution < 1.29 is 16.8 Å². The van der Waals surface area contributed by atoms with Gasteiger partial charge in [0.05, 0.1) is 11.5 Å². The first-order valence-electron chi connectivity index (χ1n) is 5.52. The summed E-state index contributed by atoms with van der Waals surface area (Å²) in [6.45, 7) is 4.62. The zero-order chi connectivity index (χ0) is 13.3. The molecule has 0 aromatic carbocycles. The smallest absolute Gasteiger partial charge is 0.215 e. The lowest BCUT2D eigenvalue weighted by Crippen LogP contribution is -2.56. The zero-order valence-corrected chi connectivity index (χ0v) is 12.0. The van der Waals surface area contributed by atoms with Gasteiger partial charge in [-0.25, -0.2) is 16.8 Å². The predicted octanol–water partition coefficient (Wildman–Crippen LogP) is -0.957. The lowest BCUT2D eigenvalue weighted by atomic mass is 10.2. The number of nitrogens with one attached hydrogen (secondary N) is 1. The van der Waals surface area contributed by atoms with Crippen molar-refractivity contribution in [2.24, 2.45) is 0 Å². The van der Waals surface area contributed by atoms with E-state index in [1.54, 1.807) is 0 Å². The van der Waals surface area contributed by atoms with Crippen LogP contribution >= 0.6 is 0 Å². The fourth-order valence-electron chi connectivity index (χ4n) is 1.89. The molecular formula is C9H20N2O4S2. The second-order valence-electron chi connectivity index (χ2n) is 4.73. The van der Waals surface area contributed by atoms with E-state index >= 15 is 0 Å². The Morgan fingerprint density at radius 3 is 1.94 bits per heavy atom. The van der Waals surface area contributed by atoms with Gasteiger partial charge in [-0.2, -0.15) is 4.31 Å². The molecule has 2 atom stereocenters. The lowest BCUT2D eigenvalue weighted by Gasteiger charge is -2.35. The van der Waals surface area contributed by atoms with Gasteiger partial charge in [-0.1, -0.05) is 0 Å². The van der Waals surface area contributed by atoms with Gasteiger partial charge >= 0.3 is 0 Å². The van der Waals surface area contributed by atoms with Crippen LogP contribution in [0.1, 0.15) is 13.8 Å². The highest BCUT2D eigenvalue weighted by molar-refractivity contribution is 7.93. The number of sulfonamides is 1. The van der Waals surface area contributed by atoms with Crippen LogP contribution in [0.15, 0.2) is 0 Å². The van der Waals surface area contributed by atoms with Crippen LogP contribution in [0.4, 0.5) is 0 Å². The molecule has 0 aromatic rings. The summed E-state index contributed by atoms with van der Waals surface area (Å²) in [5.41, 5.74) is 0. The molecule has 0 radical (unpaired) electrons. The third-order valence-corrected chi connectivity index (χ3v) is 5.64. The lowest BCUT2D eigenvalue weighted by molar-refractivity contribution is 0.263. The monoisotopic (exact) mass is 284 g/mol. The summed E-state index contributed by atoms with van der Waals surface area (Å²) in [5.74, 6) is -0.646. The van der Waals surface area contributed by atoms with E-state index < -0.39 is 19.9 Å². The molecule has 1 saturated heterocycles. The maximum Gasteiger partial charge on any atom is 0.215 e. The third kappa shape index (κ3) is 4.90. The second-order valence-corrected chi connectivity index (χ2v) is 9.08. The summed E-state index contributed by atoms with van der Waals surface area (Å²) >= 11 is 0. The summed E-state index contributed by atoms with van der Waals surface area (Å²) in [4.78, 5) is 0. The largest absolute Gasteiger partial charge is 0.309 e. The van der Waals surface area contributed by atoms with Crippen molar-refractivity contribution >= 4 is 19.9 Å². The highest BCUT2D eigenvalue weighted by Crippen LogP contribution is 2.10. The van der Waals surface area contributed by atoms with E-state index in [1.807, 2.05) is 13.8 Å². The van der Waals surface area contributed by atoms with E-state index in [1.165, 1.54) is 4.31 Å². The number of sulfone groups is 1. The number of piperazine rings is 1. The van der Waals surface area contributed by atoms with Crippen LogP contribution in [-0.4, -0.2) is 64.1 Å². The van der Waals surface area contributed by atoms with Gasteiger partial charge in [0, 0.05) is 31.4 Å². The Kier molecular flexibility index (Phi) is 4.56. The molecule has 8 heteroatoms. The van der Waals surface area contributed by atoms with Crippen molar-refractivity contribution in [1.82, 2.24) is 9.62 Å². The number of rotatable bonds is 4. The summed E-state index contributed by atoms with van der Waals surface area (Å²) in [5, 5.41) is 3.23. The standard InChI is InChI=1S/C9H20N2O4S2/c1-8-6-11(7-9(2)10-8)17(14,15)5-4-16(3,12)13/h8-10H,4-7H2,1-3H3/t8-,9-/m0/s1. The third-order valence-electron chi connectivity index (χ3n) is 2.63. The molecule has 1 heterocycles. The molecule has 1 fully saturated rings. The van der Waals surface area contributed by atoms with Crippen molar-refractivity contribution in [3.8, 4) is 0 Å². The average molecular weight is 284 g/mol. The van der Waals surface area contributed by atoms with Crippen LogP contribution in [0.3, 0.4) is 0 Å². The highest BCUT2D eigenvalue weighted by Gasteiger charge is 2.30. The van der Waals surface area contributed by atoms with E-state index in [0.717, 1.165) is 6.26 Å². The Hall–Kier alpha value is -0.180. The number of nitrogens with zero attached hydrogens (tertiary/aromatic N) is 1. The summed E-state index contributed by atoms with van der Waals surface area (Å²) < 4.78 is 47.3. The summed E-state index contributed by atoms with van der Waals surface area (Å²) in [7, 11) is -6.71. The molecule has 0 saturated carbocycles. The van der Waals surface area contributed by atoms with E-state index in [0.29, 0.717) is 13.1 Å². The molecule has 0 amide bonds. The molecule has 0 aromatic heterocycles. The fourth-order valence-corrected chi connectivity index (χ4v) is 5.10. The Morgan fingerprint density at radius 1 is 1.06 bits per heavy atom. The molecule has 0 spiro atoms. The molecule has 1 rings (SSSR count). The van der Waals surface area contributed by atoms with Crippen molar-refractivity contribution in [3.05, 3.63) is 0 Å². The van der Waals surface area contributed by atoms with Crippen LogP contribution in [0.25, 0.3) is 0 Å². The molecule has 0 unspecified atom stereocenters. The Bertz CT molecular complexity index is 447. The minimum atomic E-state index is -3.47. The van der Waals surface area contributed by atoms with Gasteiger partial charge in [0.15, 0.2) is 0 Å². The highest BCUT2D eigenvalue weighted by atomic mass is 32.2. The zero-order valence-electron chi connectivity index (χ0n) is 10.4. The van der Waals surface area contributed by atoms with Crippen molar-refractivity contribution in [3.63, 3.8) is 0 Å². The quantitative estimate of drug-likeness (QED) is 0.719. The van der Waals surface area contributed by atoms with E-state index in [4.69, 9.17) is 0 Å². The Morgan fingerprint density at radius 2 is 1.53 bits per heavy atom. The van der Waals surface area contributed by atoms with Crippen molar-refractivity contribution in [1.29, 1.82) is 0 Å². The van der Waals surface area contributed by atoms with Crippen LogP contribution in [0, 0.1) is 0 Å². The van der Waals surface area contributed by atoms with Gasteiger partial charge in [-0.05, 0) is 13.8 Å². The predicted molar refractivity (Wildman–Crippen MR) is 67.1 cm³/mol. The maximum atomic E-state index is 12.0. The molecule has 17 heavy (non-hydrogen) atoms. The molecule has 0 aliphatic carbocycles. The van der Waals surface area contributed by atoms with Gasteiger partial charge in [-0.3, -0.25) is 0 Å². The number of hydrogen-bond donors (Lipinski definition) is 1. The average Bonchev–Trinajstić information content (AvgIpc) is 2.12. The van der Waals surface area contributed by atoms with Gasteiger partial charge in [0.1, 0.15) is 9.84 Å². The van der Waals surface area contributed by atoms with Gasteiger partial charge in [0.2, 0.25) is 10.0 Å². The van der Waals surface area contributed by atoms with Gasteiger partial charge in [-0.15, -0.1) is 0 Å². The SMILES string of the molecule is C[C@H]1CN(S(=O)(=O)CCS(C)(=O)=O)C[C@H](C)N1. The first-order valence-corrected chi connectivity index (χ1v) is 9.19. The van der Waals surface area contributed by atoms with Crippen LogP contribution in [0.2, 0.25) is 0 Å². The maximum absolute atomic E-state index is 12.0. The molecular weight excluding hydrogens is 264 g/mol. The van der Waals surface area contributed by atoms with Gasteiger partial charge < -0.3 is 5.32 Å². The first kappa shape index (κ1) is 14.9. The molecule has 1 aliphatic heterocycles. The molecule has 0 bridgehead atoms. The van der Waals surface area contributed by atoms with Gasteiger partial charge in [0.25, 0.3) is 0 Å². The second kappa shape index (κ2) is 5.21. The van der Waals surface area contributed by atoms with Crippen LogP contribution in [0.5, 0.6) is 0 Å². The first-order chi connectivity index (χ1) is 7.60. The van der Waals surface area contributed by atoms with E-state index in [-0.39, 0.29) is 23.6 Å². The summed E-state index contributed by atoms with van der Waals surface area (Å²) in [6.07, 6.45) is 1.05. The Labute approximate surface area is 103 Å². The van der Waals surface area contributed by atoms with E-state index in [9.17, 15) is 16.8 Å². The van der Waals surface area contributed by atoms with E-state index in [2.05, 4.69) is 5.32 Å². The molecule has 1 aliphatic rings. The minimum absolute atomic E-state index is 0.0896. The fraction of sp³-hybridized carbons (Fsp3) is 1.00. The van der Waals surface area contributed by atoms with Crippen molar-refractivity contribution in [2.45, 2.75) is 25.9 Å². The van der Waals surface area contributed by atoms with Crippen molar-refractivity contribution in [2.75, 3.05) is 30.9 Å². The Balaban J connectivity index is 2.70. The molecule has 1 N–H and O–H groups in total. The molecule has 102 valence electrons. The minimum Gasteiger partial charge on any atom is -0.309 e. The van der Waals surface area contributed by atoms with Crippen LogP contribution in [-0.2, 0) is 19.9 Å². The molecule has 6 nitrogen and oxygen atoms in total. The number of hydrogen-bond acceptors (Lipinski definition) is 5. The summed E-state index contributed by atoms with van der Waals surface area (Å²) in [6, 6.07) is 0.179. The van der Waals surface area contributed by atoms with Crippen LogP contribution < -0.4 is 5.32 Å².